The van der Waals surface area contributed by atoms with Gasteiger partial charge in [0.05, 0.1) is 5.02 Å². The third-order valence-electron chi connectivity index (χ3n) is 3.98. The Kier molecular flexibility index (Phi) is 3.73. The third kappa shape index (κ3) is 2.82. The average molecular weight is 308 g/mol. The van der Waals surface area contributed by atoms with E-state index in [0.717, 1.165) is 19.5 Å². The molecule has 3 rings (SSSR count). The Labute approximate surface area is 127 Å². The summed E-state index contributed by atoms with van der Waals surface area (Å²) in [7, 11) is 0. The first-order chi connectivity index (χ1) is 10.0. The standard InChI is InChI=1S/C14H18ClN5O/c1-8-4-5-20(7-12(8)16)14-17-13(18-19-14)10-6-9(21)2-3-11(10)15/h2-3,6,8,12,21H,4-5,7,16H2,1H3,(H,17,18,19). The molecule has 1 fully saturated rings. The summed E-state index contributed by atoms with van der Waals surface area (Å²) in [5.74, 6) is 1.81. The summed E-state index contributed by atoms with van der Waals surface area (Å²) in [6.45, 7) is 3.80. The quantitative estimate of drug-likeness (QED) is 0.789. The summed E-state index contributed by atoms with van der Waals surface area (Å²) in [4.78, 5) is 6.54. The number of aromatic nitrogens is 3. The SMILES string of the molecule is CC1CCN(c2n[nH]c(-c3cc(O)ccc3Cl)n2)CC1N. The van der Waals surface area contributed by atoms with Crippen LogP contribution in [0.25, 0.3) is 11.4 Å². The number of rotatable bonds is 2. The van der Waals surface area contributed by atoms with Crippen LogP contribution >= 0.6 is 11.6 Å². The van der Waals surface area contributed by atoms with Crippen molar-refractivity contribution in [2.75, 3.05) is 18.0 Å². The zero-order valence-electron chi connectivity index (χ0n) is 11.8. The maximum absolute atomic E-state index is 9.57. The summed E-state index contributed by atoms with van der Waals surface area (Å²) >= 11 is 6.14. The predicted molar refractivity (Wildman–Crippen MR) is 82.5 cm³/mol. The van der Waals surface area contributed by atoms with Crippen molar-refractivity contribution >= 4 is 17.5 Å². The van der Waals surface area contributed by atoms with Crippen LogP contribution in [-0.4, -0.2) is 39.4 Å². The van der Waals surface area contributed by atoms with Gasteiger partial charge in [-0.3, -0.25) is 5.10 Å². The Balaban J connectivity index is 1.85. The van der Waals surface area contributed by atoms with Crippen molar-refractivity contribution < 1.29 is 5.11 Å². The van der Waals surface area contributed by atoms with Gasteiger partial charge in [0.25, 0.3) is 0 Å². The molecule has 7 heteroatoms. The second-order valence-corrected chi connectivity index (χ2v) is 5.93. The molecule has 21 heavy (non-hydrogen) atoms. The lowest BCUT2D eigenvalue weighted by Gasteiger charge is -2.34. The third-order valence-corrected chi connectivity index (χ3v) is 4.31. The van der Waals surface area contributed by atoms with Crippen molar-refractivity contribution in [3.05, 3.63) is 23.2 Å². The van der Waals surface area contributed by atoms with Crippen molar-refractivity contribution in [2.45, 2.75) is 19.4 Å². The van der Waals surface area contributed by atoms with Crippen LogP contribution in [0.5, 0.6) is 5.75 Å². The number of aromatic amines is 1. The molecule has 2 atom stereocenters. The maximum Gasteiger partial charge on any atom is 0.245 e. The van der Waals surface area contributed by atoms with E-state index >= 15 is 0 Å². The predicted octanol–water partition coefficient (Wildman–Crippen LogP) is 2.00. The minimum Gasteiger partial charge on any atom is -0.508 e. The highest BCUT2D eigenvalue weighted by atomic mass is 35.5. The zero-order valence-corrected chi connectivity index (χ0v) is 12.5. The number of H-pyrrole nitrogens is 1. The monoisotopic (exact) mass is 307 g/mol. The fourth-order valence-corrected chi connectivity index (χ4v) is 2.70. The first kappa shape index (κ1) is 14.2. The Morgan fingerprint density at radius 2 is 2.29 bits per heavy atom. The second-order valence-electron chi connectivity index (χ2n) is 5.52. The zero-order chi connectivity index (χ0) is 15.0. The van der Waals surface area contributed by atoms with E-state index in [1.807, 2.05) is 0 Å². The van der Waals surface area contributed by atoms with Crippen LogP contribution in [0.3, 0.4) is 0 Å². The van der Waals surface area contributed by atoms with E-state index in [1.165, 1.54) is 6.07 Å². The highest BCUT2D eigenvalue weighted by molar-refractivity contribution is 6.33. The molecule has 4 N–H and O–H groups in total. The van der Waals surface area contributed by atoms with Gasteiger partial charge in [-0.2, -0.15) is 4.98 Å². The second kappa shape index (κ2) is 5.54. The number of nitrogens with one attached hydrogen (secondary N) is 1. The van der Waals surface area contributed by atoms with Crippen LogP contribution in [0.4, 0.5) is 5.95 Å². The first-order valence-corrected chi connectivity index (χ1v) is 7.34. The Morgan fingerprint density at radius 1 is 1.48 bits per heavy atom. The number of benzene rings is 1. The molecule has 2 aromatic rings. The van der Waals surface area contributed by atoms with Gasteiger partial charge in [-0.15, -0.1) is 5.10 Å². The lowest BCUT2D eigenvalue weighted by atomic mass is 9.95. The molecule has 0 spiro atoms. The molecule has 0 radical (unpaired) electrons. The summed E-state index contributed by atoms with van der Waals surface area (Å²) in [6.07, 6.45) is 1.03. The minimum absolute atomic E-state index is 0.130. The number of phenolic OH excluding ortho intramolecular Hbond substituents is 1. The minimum atomic E-state index is 0.130. The Morgan fingerprint density at radius 3 is 3.05 bits per heavy atom. The van der Waals surface area contributed by atoms with Crippen molar-refractivity contribution in [1.82, 2.24) is 15.2 Å². The number of hydrogen-bond donors (Lipinski definition) is 3. The van der Waals surface area contributed by atoms with Crippen LogP contribution in [-0.2, 0) is 0 Å². The molecule has 1 aromatic heterocycles. The van der Waals surface area contributed by atoms with Crippen LogP contribution in [0, 0.1) is 5.92 Å². The first-order valence-electron chi connectivity index (χ1n) is 6.96. The number of nitrogens with zero attached hydrogens (tertiary/aromatic N) is 3. The number of piperidine rings is 1. The molecule has 1 saturated heterocycles. The number of halogens is 1. The van der Waals surface area contributed by atoms with Gasteiger partial charge < -0.3 is 15.7 Å². The van der Waals surface area contributed by atoms with E-state index in [-0.39, 0.29) is 11.8 Å². The summed E-state index contributed by atoms with van der Waals surface area (Å²) in [5.41, 5.74) is 6.74. The number of anilines is 1. The molecule has 0 aliphatic carbocycles. The van der Waals surface area contributed by atoms with E-state index in [1.54, 1.807) is 12.1 Å². The average Bonchev–Trinajstić information content (AvgIpc) is 2.94. The molecule has 0 bridgehead atoms. The van der Waals surface area contributed by atoms with E-state index in [2.05, 4.69) is 27.0 Å². The molecule has 0 amide bonds. The summed E-state index contributed by atoms with van der Waals surface area (Å²) < 4.78 is 0. The molecule has 1 aromatic carbocycles. The van der Waals surface area contributed by atoms with Gasteiger partial charge >= 0.3 is 0 Å². The van der Waals surface area contributed by atoms with E-state index in [0.29, 0.717) is 28.3 Å². The smallest absolute Gasteiger partial charge is 0.245 e. The van der Waals surface area contributed by atoms with E-state index < -0.39 is 0 Å². The van der Waals surface area contributed by atoms with Crippen LogP contribution in [0.1, 0.15) is 13.3 Å². The normalized spacial score (nSPS) is 22.5. The van der Waals surface area contributed by atoms with Crippen molar-refractivity contribution in [3.8, 4) is 17.1 Å². The molecule has 1 aliphatic rings. The van der Waals surface area contributed by atoms with Gasteiger partial charge in [-0.25, -0.2) is 0 Å². The van der Waals surface area contributed by atoms with Crippen LogP contribution < -0.4 is 10.6 Å². The van der Waals surface area contributed by atoms with Crippen LogP contribution in [0.2, 0.25) is 5.02 Å². The molecular weight excluding hydrogens is 290 g/mol. The lowest BCUT2D eigenvalue weighted by molar-refractivity contribution is 0.376. The molecule has 6 nitrogen and oxygen atoms in total. The number of hydrogen-bond acceptors (Lipinski definition) is 5. The number of phenols is 1. The Hall–Kier alpha value is -1.79. The van der Waals surface area contributed by atoms with Gasteiger partial charge in [0.15, 0.2) is 5.82 Å². The van der Waals surface area contributed by atoms with Crippen LogP contribution in [0.15, 0.2) is 18.2 Å². The van der Waals surface area contributed by atoms with Crippen molar-refractivity contribution in [2.24, 2.45) is 11.7 Å². The highest BCUT2D eigenvalue weighted by Gasteiger charge is 2.25. The molecule has 112 valence electrons. The lowest BCUT2D eigenvalue weighted by Crippen LogP contribution is -2.48. The van der Waals surface area contributed by atoms with Crippen molar-refractivity contribution in [3.63, 3.8) is 0 Å². The molecule has 2 unspecified atom stereocenters. The van der Waals surface area contributed by atoms with Gasteiger partial charge in [0.1, 0.15) is 5.75 Å². The molecule has 2 heterocycles. The fourth-order valence-electron chi connectivity index (χ4n) is 2.49. The fraction of sp³-hybridized carbons (Fsp3) is 0.429. The van der Waals surface area contributed by atoms with Crippen molar-refractivity contribution in [1.29, 1.82) is 0 Å². The number of nitrogens with two attached hydrogens (primary N) is 1. The van der Waals surface area contributed by atoms with Gasteiger partial charge in [0, 0.05) is 24.7 Å². The van der Waals surface area contributed by atoms with Gasteiger partial charge in [-0.05, 0) is 30.5 Å². The topological polar surface area (TPSA) is 91.1 Å². The maximum atomic E-state index is 9.57. The Bertz CT molecular complexity index is 644. The van der Waals surface area contributed by atoms with E-state index in [9.17, 15) is 5.11 Å². The molecule has 1 aliphatic heterocycles. The largest absolute Gasteiger partial charge is 0.508 e. The molecule has 0 saturated carbocycles. The van der Waals surface area contributed by atoms with E-state index in [4.69, 9.17) is 17.3 Å². The summed E-state index contributed by atoms with van der Waals surface area (Å²) in [6, 6.07) is 4.86. The summed E-state index contributed by atoms with van der Waals surface area (Å²) in [5, 5.41) is 17.2. The van der Waals surface area contributed by atoms with Gasteiger partial charge in [-0.1, -0.05) is 18.5 Å². The number of aromatic hydroxyl groups is 1. The van der Waals surface area contributed by atoms with Gasteiger partial charge in [0.2, 0.25) is 5.95 Å². The molecular formula is C14H18ClN5O. The highest BCUT2D eigenvalue weighted by Crippen LogP contribution is 2.30.